The molecule has 29 heavy (non-hydrogen) atoms. The van der Waals surface area contributed by atoms with Gasteiger partial charge in [0.2, 0.25) is 5.91 Å². The quantitative estimate of drug-likeness (QED) is 0.361. The fourth-order valence-electron chi connectivity index (χ4n) is 3.68. The van der Waals surface area contributed by atoms with E-state index in [1.165, 1.54) is 12.1 Å². The van der Waals surface area contributed by atoms with Crippen LogP contribution in [-0.2, 0) is 11.3 Å². The van der Waals surface area contributed by atoms with Gasteiger partial charge >= 0.3 is 0 Å². The first kappa shape index (κ1) is 23.4. The molecular formula is C21H30FIN4O2. The first-order chi connectivity index (χ1) is 13.5. The van der Waals surface area contributed by atoms with E-state index in [1.54, 1.807) is 13.1 Å². The fraction of sp³-hybridized carbons (Fsp3) is 0.524. The molecule has 1 amide bonds. The van der Waals surface area contributed by atoms with Crippen molar-refractivity contribution in [2.45, 2.75) is 39.7 Å². The number of rotatable bonds is 5. The molecule has 0 saturated carbocycles. The molecule has 1 aromatic heterocycles. The van der Waals surface area contributed by atoms with Crippen LogP contribution < -0.4 is 10.6 Å². The molecule has 2 heterocycles. The molecule has 0 unspecified atom stereocenters. The molecule has 0 atom stereocenters. The van der Waals surface area contributed by atoms with E-state index in [0.29, 0.717) is 24.5 Å². The molecule has 1 aliphatic heterocycles. The maximum atomic E-state index is 13.5. The van der Waals surface area contributed by atoms with Gasteiger partial charge in [-0.2, -0.15) is 0 Å². The lowest BCUT2D eigenvalue weighted by Gasteiger charge is -2.34. The second-order valence-corrected chi connectivity index (χ2v) is 7.27. The summed E-state index contributed by atoms with van der Waals surface area (Å²) in [6.45, 7) is 6.91. The number of aryl methyl sites for hydroxylation is 1. The zero-order valence-corrected chi connectivity index (χ0v) is 19.6. The summed E-state index contributed by atoms with van der Waals surface area (Å²) in [7, 11) is 1.68. The van der Waals surface area contributed by atoms with Crippen molar-refractivity contribution in [1.29, 1.82) is 0 Å². The summed E-state index contributed by atoms with van der Waals surface area (Å²) in [5, 5.41) is 6.85. The average molecular weight is 516 g/mol. The van der Waals surface area contributed by atoms with E-state index >= 15 is 0 Å². The van der Waals surface area contributed by atoms with Gasteiger partial charge in [-0.25, -0.2) is 9.38 Å². The van der Waals surface area contributed by atoms with E-state index < -0.39 is 0 Å². The lowest BCUT2D eigenvalue weighted by molar-refractivity contribution is -0.121. The van der Waals surface area contributed by atoms with Crippen LogP contribution in [0.3, 0.4) is 0 Å². The highest BCUT2D eigenvalue weighted by Crippen LogP contribution is 2.27. The SMILES string of the molecule is CCNC(=NCc1oc2ccc(F)cc2c1C)N1CCC(CC(=O)NC)CC1.I. The van der Waals surface area contributed by atoms with E-state index in [1.807, 2.05) is 13.8 Å². The Bertz CT molecular complexity index is 860. The number of likely N-dealkylation sites (tertiary alicyclic amines) is 1. The van der Waals surface area contributed by atoms with Crippen molar-refractivity contribution in [3.05, 3.63) is 35.3 Å². The second kappa shape index (κ2) is 10.8. The summed E-state index contributed by atoms with van der Waals surface area (Å²) in [5.74, 6) is 1.87. The van der Waals surface area contributed by atoms with Crippen LogP contribution in [0.25, 0.3) is 11.0 Å². The van der Waals surface area contributed by atoms with Gasteiger partial charge in [0.05, 0.1) is 0 Å². The van der Waals surface area contributed by atoms with E-state index in [-0.39, 0.29) is 35.7 Å². The Morgan fingerprint density at radius 3 is 2.72 bits per heavy atom. The molecule has 0 radical (unpaired) electrons. The zero-order valence-electron chi connectivity index (χ0n) is 17.3. The Kier molecular flexibility index (Phi) is 8.73. The van der Waals surface area contributed by atoms with Gasteiger partial charge in [0, 0.05) is 44.1 Å². The third-order valence-electron chi connectivity index (χ3n) is 5.37. The Labute approximate surface area is 188 Å². The summed E-state index contributed by atoms with van der Waals surface area (Å²) in [4.78, 5) is 18.6. The number of hydrogen-bond donors (Lipinski definition) is 2. The number of nitrogens with one attached hydrogen (secondary N) is 2. The van der Waals surface area contributed by atoms with Crippen LogP contribution in [0.4, 0.5) is 4.39 Å². The molecule has 160 valence electrons. The molecule has 8 heteroatoms. The highest BCUT2D eigenvalue weighted by Gasteiger charge is 2.23. The topological polar surface area (TPSA) is 69.9 Å². The largest absolute Gasteiger partial charge is 0.459 e. The highest BCUT2D eigenvalue weighted by atomic mass is 127. The molecule has 1 fully saturated rings. The number of amides is 1. The minimum absolute atomic E-state index is 0. The molecule has 0 bridgehead atoms. The number of carbonyl (C=O) groups is 1. The van der Waals surface area contributed by atoms with Gasteiger partial charge in [0.1, 0.15) is 23.7 Å². The van der Waals surface area contributed by atoms with E-state index in [2.05, 4.69) is 15.5 Å². The Morgan fingerprint density at radius 2 is 2.07 bits per heavy atom. The predicted molar refractivity (Wildman–Crippen MR) is 124 cm³/mol. The molecule has 1 saturated heterocycles. The lowest BCUT2D eigenvalue weighted by Crippen LogP contribution is -2.46. The summed E-state index contributed by atoms with van der Waals surface area (Å²) in [5.41, 5.74) is 1.61. The number of piperidine rings is 1. The summed E-state index contributed by atoms with van der Waals surface area (Å²) in [6.07, 6.45) is 2.54. The molecule has 2 aromatic rings. The summed E-state index contributed by atoms with van der Waals surface area (Å²) >= 11 is 0. The molecule has 2 N–H and O–H groups in total. The van der Waals surface area contributed by atoms with Crippen LogP contribution in [0.5, 0.6) is 0 Å². The average Bonchev–Trinajstić information content (AvgIpc) is 3.01. The second-order valence-electron chi connectivity index (χ2n) is 7.27. The monoisotopic (exact) mass is 516 g/mol. The third kappa shape index (κ3) is 5.83. The number of nitrogens with zero attached hydrogens (tertiary/aromatic N) is 2. The minimum Gasteiger partial charge on any atom is -0.459 e. The zero-order chi connectivity index (χ0) is 20.1. The van der Waals surface area contributed by atoms with E-state index in [9.17, 15) is 9.18 Å². The normalized spacial score (nSPS) is 15.3. The van der Waals surface area contributed by atoms with Crippen molar-refractivity contribution >= 4 is 46.8 Å². The van der Waals surface area contributed by atoms with E-state index in [0.717, 1.165) is 55.1 Å². The van der Waals surface area contributed by atoms with Crippen LogP contribution in [0.15, 0.2) is 27.6 Å². The summed E-state index contributed by atoms with van der Waals surface area (Å²) < 4.78 is 19.4. The van der Waals surface area contributed by atoms with Crippen LogP contribution in [0, 0.1) is 18.7 Å². The molecule has 1 aliphatic rings. The number of fused-ring (bicyclic) bond motifs is 1. The Morgan fingerprint density at radius 1 is 1.34 bits per heavy atom. The van der Waals surface area contributed by atoms with Gasteiger partial charge in [0.25, 0.3) is 0 Å². The number of aliphatic imine (C=N–C) groups is 1. The van der Waals surface area contributed by atoms with E-state index in [4.69, 9.17) is 9.41 Å². The van der Waals surface area contributed by atoms with Crippen LogP contribution >= 0.6 is 24.0 Å². The van der Waals surface area contributed by atoms with Crippen LogP contribution in [0.2, 0.25) is 0 Å². The van der Waals surface area contributed by atoms with Gasteiger partial charge < -0.3 is 20.0 Å². The van der Waals surface area contributed by atoms with Gasteiger partial charge in [-0.1, -0.05) is 0 Å². The first-order valence-corrected chi connectivity index (χ1v) is 9.93. The number of benzene rings is 1. The molecule has 0 aliphatic carbocycles. The van der Waals surface area contributed by atoms with Crippen molar-refractivity contribution in [2.75, 3.05) is 26.7 Å². The third-order valence-corrected chi connectivity index (χ3v) is 5.37. The number of furan rings is 1. The lowest BCUT2D eigenvalue weighted by atomic mass is 9.93. The Balaban J connectivity index is 0.00000300. The standard InChI is InChI=1S/C21H29FN4O2.HI/c1-4-24-21(26-9-7-15(8-10-26)11-20(27)23-3)25-13-19-14(2)17-12-16(22)5-6-18(17)28-19;/h5-6,12,15H,4,7-11,13H2,1-3H3,(H,23,27)(H,24,25);1H. The van der Waals surface area contributed by atoms with Crippen molar-refractivity contribution in [2.24, 2.45) is 10.9 Å². The molecule has 6 nitrogen and oxygen atoms in total. The maximum absolute atomic E-state index is 13.5. The van der Waals surface area contributed by atoms with Crippen molar-refractivity contribution < 1.29 is 13.6 Å². The molecule has 1 aromatic carbocycles. The number of halogens is 2. The van der Waals surface area contributed by atoms with Gasteiger partial charge in [-0.05, 0) is 50.8 Å². The molecular weight excluding hydrogens is 486 g/mol. The van der Waals surface area contributed by atoms with Gasteiger partial charge in [0.15, 0.2) is 5.96 Å². The Hall–Kier alpha value is -1.84. The summed E-state index contributed by atoms with van der Waals surface area (Å²) in [6, 6.07) is 4.57. The van der Waals surface area contributed by atoms with Crippen molar-refractivity contribution in [3.63, 3.8) is 0 Å². The maximum Gasteiger partial charge on any atom is 0.220 e. The van der Waals surface area contributed by atoms with Crippen molar-refractivity contribution in [3.8, 4) is 0 Å². The van der Waals surface area contributed by atoms with Gasteiger partial charge in [-0.3, -0.25) is 4.79 Å². The number of guanidine groups is 1. The van der Waals surface area contributed by atoms with Crippen molar-refractivity contribution in [1.82, 2.24) is 15.5 Å². The molecule has 3 rings (SSSR count). The molecule has 0 spiro atoms. The van der Waals surface area contributed by atoms with Crippen LogP contribution in [0.1, 0.15) is 37.5 Å². The van der Waals surface area contributed by atoms with Gasteiger partial charge in [-0.15, -0.1) is 24.0 Å². The number of hydrogen-bond acceptors (Lipinski definition) is 3. The fourth-order valence-corrected chi connectivity index (χ4v) is 3.68. The highest BCUT2D eigenvalue weighted by molar-refractivity contribution is 14.0. The predicted octanol–water partition coefficient (Wildman–Crippen LogP) is 3.81. The smallest absolute Gasteiger partial charge is 0.220 e. The van der Waals surface area contributed by atoms with Crippen LogP contribution in [-0.4, -0.2) is 43.4 Å². The first-order valence-electron chi connectivity index (χ1n) is 9.93. The minimum atomic E-state index is -0.264. The number of carbonyl (C=O) groups excluding carboxylic acids is 1.